The molecule has 0 aromatic heterocycles. The fourth-order valence-corrected chi connectivity index (χ4v) is 3.48. The van der Waals surface area contributed by atoms with Crippen LogP contribution in [0, 0.1) is 0 Å². The molecule has 22 heavy (non-hydrogen) atoms. The average molecular weight is 318 g/mol. The van der Waals surface area contributed by atoms with Crippen molar-refractivity contribution in [3.8, 4) is 11.5 Å². The van der Waals surface area contributed by atoms with E-state index in [1.54, 1.807) is 43.0 Å². The molecule has 116 valence electrons. The lowest BCUT2D eigenvalue weighted by atomic mass is 10.1. The number of fused-ring (bicyclic) bond motifs is 1. The van der Waals surface area contributed by atoms with Gasteiger partial charge in [-0.3, -0.25) is 9.69 Å². The van der Waals surface area contributed by atoms with Crippen molar-refractivity contribution in [2.75, 3.05) is 26.5 Å². The van der Waals surface area contributed by atoms with Gasteiger partial charge in [0.1, 0.15) is 17.2 Å². The maximum atomic E-state index is 12.5. The molecule has 0 radical (unpaired) electrons. The summed E-state index contributed by atoms with van der Waals surface area (Å²) in [5.74, 6) is 2.37. The molecule has 0 spiro atoms. The zero-order valence-electron chi connectivity index (χ0n) is 12.7. The highest BCUT2D eigenvalue weighted by molar-refractivity contribution is 8.13. The summed E-state index contributed by atoms with van der Waals surface area (Å²) >= 11 is 1.65. The lowest BCUT2D eigenvalue weighted by molar-refractivity contribution is -0.122. The monoisotopic (exact) mass is 318 g/mol. The molecule has 6 heteroatoms. The molecule has 1 fully saturated rings. The second-order valence-corrected chi connectivity index (χ2v) is 6.11. The maximum absolute atomic E-state index is 12.5. The van der Waals surface area contributed by atoms with Gasteiger partial charge >= 0.3 is 0 Å². The van der Waals surface area contributed by atoms with E-state index in [4.69, 9.17) is 9.47 Å². The van der Waals surface area contributed by atoms with Crippen LogP contribution in [0.5, 0.6) is 11.5 Å². The van der Waals surface area contributed by atoms with Gasteiger partial charge in [0, 0.05) is 23.9 Å². The lowest BCUT2D eigenvalue weighted by Crippen LogP contribution is -2.30. The second kappa shape index (κ2) is 6.44. The Morgan fingerprint density at radius 2 is 2.14 bits per heavy atom. The van der Waals surface area contributed by atoms with E-state index in [1.807, 2.05) is 12.1 Å². The van der Waals surface area contributed by atoms with Crippen LogP contribution in [0.15, 0.2) is 28.9 Å². The molecule has 0 aliphatic carbocycles. The van der Waals surface area contributed by atoms with Crippen molar-refractivity contribution in [2.45, 2.75) is 12.8 Å². The van der Waals surface area contributed by atoms with Crippen LogP contribution < -0.4 is 9.47 Å². The topological polar surface area (TPSA) is 51.1 Å². The summed E-state index contributed by atoms with van der Waals surface area (Å²) in [6.07, 6.45) is 3.93. The summed E-state index contributed by atoms with van der Waals surface area (Å²) in [7, 11) is 3.21. The number of carbonyl (C=O) groups excluding carboxylic acids is 1. The lowest BCUT2D eigenvalue weighted by Gasteiger charge is -2.13. The molecule has 1 saturated heterocycles. The third kappa shape index (κ3) is 2.83. The Labute approximate surface area is 134 Å². The molecule has 3 rings (SSSR count). The van der Waals surface area contributed by atoms with Crippen molar-refractivity contribution in [1.82, 2.24) is 4.90 Å². The van der Waals surface area contributed by atoms with Crippen LogP contribution in [0.25, 0.3) is 6.08 Å². The summed E-state index contributed by atoms with van der Waals surface area (Å²) in [4.78, 5) is 18.8. The first kappa shape index (κ1) is 15.0. The molecule has 0 atom stereocenters. The molecule has 1 aromatic rings. The van der Waals surface area contributed by atoms with Crippen LogP contribution in [0.4, 0.5) is 0 Å². The van der Waals surface area contributed by atoms with Crippen LogP contribution in [0.3, 0.4) is 0 Å². The zero-order chi connectivity index (χ0) is 15.5. The number of thioether (sulfide) groups is 1. The van der Waals surface area contributed by atoms with Gasteiger partial charge in [-0.25, -0.2) is 4.99 Å². The number of benzene rings is 1. The first-order valence-electron chi connectivity index (χ1n) is 7.20. The van der Waals surface area contributed by atoms with Gasteiger partial charge in [-0.1, -0.05) is 11.8 Å². The maximum Gasteiger partial charge on any atom is 0.278 e. The minimum absolute atomic E-state index is 0.0257. The van der Waals surface area contributed by atoms with Gasteiger partial charge in [0.25, 0.3) is 5.91 Å². The Bertz CT molecular complexity index is 655. The minimum atomic E-state index is -0.0257. The third-order valence-electron chi connectivity index (χ3n) is 3.65. The number of hydrogen-bond acceptors (Lipinski definition) is 5. The number of aliphatic imine (C=N–C) groups is 1. The zero-order valence-corrected chi connectivity index (χ0v) is 13.5. The van der Waals surface area contributed by atoms with E-state index in [2.05, 4.69) is 4.99 Å². The van der Waals surface area contributed by atoms with Gasteiger partial charge in [-0.15, -0.1) is 0 Å². The van der Waals surface area contributed by atoms with Crippen LogP contribution >= 0.6 is 11.8 Å². The van der Waals surface area contributed by atoms with E-state index >= 15 is 0 Å². The molecule has 2 heterocycles. The number of amides is 1. The van der Waals surface area contributed by atoms with E-state index in [1.165, 1.54) is 0 Å². The van der Waals surface area contributed by atoms with Gasteiger partial charge in [0.15, 0.2) is 5.17 Å². The second-order valence-electron chi connectivity index (χ2n) is 5.04. The SMILES string of the molecule is COc1ccc(/C=C2\N=C3SCCCCN3C2=O)c(OC)c1. The number of carbonyl (C=O) groups is 1. The van der Waals surface area contributed by atoms with E-state index in [9.17, 15) is 4.79 Å². The number of nitrogens with zero attached hydrogens (tertiary/aromatic N) is 2. The van der Waals surface area contributed by atoms with Crippen LogP contribution in [0.2, 0.25) is 0 Å². The Morgan fingerprint density at radius 1 is 1.27 bits per heavy atom. The van der Waals surface area contributed by atoms with Gasteiger partial charge in [-0.05, 0) is 31.1 Å². The number of ether oxygens (including phenoxy) is 2. The standard InChI is InChI=1S/C16H18N2O3S/c1-20-12-6-5-11(14(10-12)21-2)9-13-15(19)18-7-3-4-8-22-16(18)17-13/h5-6,9-10H,3-4,7-8H2,1-2H3/b13-9-. The predicted molar refractivity (Wildman–Crippen MR) is 88.4 cm³/mol. The molecule has 0 saturated carbocycles. The smallest absolute Gasteiger partial charge is 0.278 e. The van der Waals surface area contributed by atoms with Crippen molar-refractivity contribution >= 4 is 28.9 Å². The van der Waals surface area contributed by atoms with Crippen LogP contribution in [0.1, 0.15) is 18.4 Å². The van der Waals surface area contributed by atoms with Crippen molar-refractivity contribution in [2.24, 2.45) is 4.99 Å². The summed E-state index contributed by atoms with van der Waals surface area (Å²) in [5.41, 5.74) is 1.28. The summed E-state index contributed by atoms with van der Waals surface area (Å²) in [6.45, 7) is 0.752. The fraction of sp³-hybridized carbons (Fsp3) is 0.375. The molecule has 0 N–H and O–H groups in total. The van der Waals surface area contributed by atoms with E-state index < -0.39 is 0 Å². The molecule has 0 bridgehead atoms. The van der Waals surface area contributed by atoms with E-state index in [0.29, 0.717) is 17.2 Å². The van der Waals surface area contributed by atoms with Gasteiger partial charge < -0.3 is 9.47 Å². The van der Waals surface area contributed by atoms with Gasteiger partial charge in [0.05, 0.1) is 14.2 Å². The van der Waals surface area contributed by atoms with Crippen LogP contribution in [-0.2, 0) is 4.79 Å². The summed E-state index contributed by atoms with van der Waals surface area (Å²) < 4.78 is 10.6. The summed E-state index contributed by atoms with van der Waals surface area (Å²) in [6, 6.07) is 5.51. The van der Waals surface area contributed by atoms with E-state index in [-0.39, 0.29) is 5.91 Å². The van der Waals surface area contributed by atoms with Crippen molar-refractivity contribution < 1.29 is 14.3 Å². The predicted octanol–water partition coefficient (Wildman–Crippen LogP) is 2.77. The Hall–Kier alpha value is -1.95. The third-order valence-corrected chi connectivity index (χ3v) is 4.71. The Balaban J connectivity index is 1.94. The molecular weight excluding hydrogens is 300 g/mol. The normalized spacial score (nSPS) is 19.7. The van der Waals surface area contributed by atoms with Crippen molar-refractivity contribution in [3.63, 3.8) is 0 Å². The number of rotatable bonds is 3. The van der Waals surface area contributed by atoms with Gasteiger partial charge in [-0.2, -0.15) is 0 Å². The minimum Gasteiger partial charge on any atom is -0.497 e. The molecule has 2 aliphatic rings. The van der Waals surface area contributed by atoms with Crippen LogP contribution in [-0.4, -0.2) is 42.5 Å². The molecule has 0 unspecified atom stereocenters. The number of hydrogen-bond donors (Lipinski definition) is 0. The number of methoxy groups -OCH3 is 2. The molecule has 2 aliphatic heterocycles. The highest BCUT2D eigenvalue weighted by atomic mass is 32.2. The highest BCUT2D eigenvalue weighted by Gasteiger charge is 2.31. The molecule has 5 nitrogen and oxygen atoms in total. The largest absolute Gasteiger partial charge is 0.497 e. The average Bonchev–Trinajstić information content (AvgIpc) is 2.72. The fourth-order valence-electron chi connectivity index (χ4n) is 2.46. The molecule has 1 aromatic carbocycles. The van der Waals surface area contributed by atoms with E-state index in [0.717, 1.165) is 35.9 Å². The van der Waals surface area contributed by atoms with Crippen molar-refractivity contribution in [3.05, 3.63) is 29.5 Å². The molecule has 1 amide bonds. The quantitative estimate of drug-likeness (QED) is 0.804. The summed E-state index contributed by atoms with van der Waals surface area (Å²) in [5, 5.41) is 0.821. The first-order chi connectivity index (χ1) is 10.7. The Morgan fingerprint density at radius 3 is 2.91 bits per heavy atom. The molecular formula is C16H18N2O3S. The number of amidine groups is 1. The van der Waals surface area contributed by atoms with Gasteiger partial charge in [0.2, 0.25) is 0 Å². The Kier molecular flexibility index (Phi) is 4.38. The first-order valence-corrected chi connectivity index (χ1v) is 8.18. The highest BCUT2D eigenvalue weighted by Crippen LogP contribution is 2.31. The van der Waals surface area contributed by atoms with Crippen molar-refractivity contribution in [1.29, 1.82) is 0 Å².